The number of benzene rings is 1. The van der Waals surface area contributed by atoms with Gasteiger partial charge in [0, 0.05) is 29.4 Å². The van der Waals surface area contributed by atoms with Crippen molar-refractivity contribution in [2.45, 2.75) is 25.2 Å². The highest BCUT2D eigenvalue weighted by Crippen LogP contribution is 2.15. The number of carbonyl (C=O) groups is 1. The Morgan fingerprint density at radius 3 is 2.48 bits per heavy atom. The van der Waals surface area contributed by atoms with E-state index in [1.165, 1.54) is 18.2 Å². The van der Waals surface area contributed by atoms with Gasteiger partial charge in [-0.3, -0.25) is 15.6 Å². The van der Waals surface area contributed by atoms with Gasteiger partial charge in [-0.05, 0) is 38.1 Å². The standard InChI is InChI=1S/C15H18ClN5O3S/c1-10-8-11(2)19-15(18-10)21-20-14(22)6-7-17-25(23,24)13-5-3-4-12(16)9-13/h3-5,8-9,17H,6-7H2,1-2H3,(H,20,22)(H,18,19,21). The Morgan fingerprint density at radius 1 is 1.16 bits per heavy atom. The molecule has 2 rings (SSSR count). The Bertz CT molecular complexity index is 853. The molecule has 3 N–H and O–H groups in total. The Morgan fingerprint density at radius 2 is 1.84 bits per heavy atom. The van der Waals surface area contributed by atoms with Crippen LogP contribution in [0.25, 0.3) is 0 Å². The first-order valence-corrected chi connectivity index (χ1v) is 9.25. The van der Waals surface area contributed by atoms with Crippen molar-refractivity contribution in [3.8, 4) is 0 Å². The number of aromatic nitrogens is 2. The molecule has 0 bridgehead atoms. The summed E-state index contributed by atoms with van der Waals surface area (Å²) in [6, 6.07) is 7.68. The van der Waals surface area contributed by atoms with Gasteiger partial charge in [0.2, 0.25) is 21.9 Å². The van der Waals surface area contributed by atoms with E-state index in [4.69, 9.17) is 11.6 Å². The lowest BCUT2D eigenvalue weighted by Crippen LogP contribution is -2.34. The summed E-state index contributed by atoms with van der Waals surface area (Å²) in [6.07, 6.45) is -0.0579. The number of anilines is 1. The lowest BCUT2D eigenvalue weighted by atomic mass is 10.4. The van der Waals surface area contributed by atoms with Crippen LogP contribution in [0.15, 0.2) is 35.2 Å². The molecule has 0 unspecified atom stereocenters. The van der Waals surface area contributed by atoms with Crippen LogP contribution in [0.5, 0.6) is 0 Å². The molecule has 25 heavy (non-hydrogen) atoms. The lowest BCUT2D eigenvalue weighted by Gasteiger charge is -2.09. The molecule has 0 aliphatic rings. The van der Waals surface area contributed by atoms with Crippen LogP contribution in [-0.2, 0) is 14.8 Å². The molecule has 0 saturated carbocycles. The van der Waals surface area contributed by atoms with Gasteiger partial charge in [0.15, 0.2) is 0 Å². The van der Waals surface area contributed by atoms with Crippen molar-refractivity contribution in [1.29, 1.82) is 0 Å². The molecular weight excluding hydrogens is 366 g/mol. The zero-order valence-electron chi connectivity index (χ0n) is 13.7. The quantitative estimate of drug-likeness (QED) is 0.625. The van der Waals surface area contributed by atoms with Gasteiger partial charge in [-0.25, -0.2) is 23.1 Å². The Kier molecular flexibility index (Phi) is 6.29. The molecule has 10 heteroatoms. The van der Waals surface area contributed by atoms with Gasteiger partial charge in [-0.2, -0.15) is 0 Å². The van der Waals surface area contributed by atoms with Crippen LogP contribution in [0.3, 0.4) is 0 Å². The van der Waals surface area contributed by atoms with Crippen molar-refractivity contribution in [3.63, 3.8) is 0 Å². The summed E-state index contributed by atoms with van der Waals surface area (Å²) in [7, 11) is -3.72. The fourth-order valence-corrected chi connectivity index (χ4v) is 3.32. The van der Waals surface area contributed by atoms with E-state index in [2.05, 4.69) is 25.5 Å². The van der Waals surface area contributed by atoms with Gasteiger partial charge in [-0.1, -0.05) is 17.7 Å². The maximum Gasteiger partial charge on any atom is 0.242 e. The van der Waals surface area contributed by atoms with E-state index in [1.54, 1.807) is 12.1 Å². The third-order valence-electron chi connectivity index (χ3n) is 3.05. The summed E-state index contributed by atoms with van der Waals surface area (Å²) in [5.41, 5.74) is 6.54. The SMILES string of the molecule is Cc1cc(C)nc(NNC(=O)CCNS(=O)(=O)c2cccc(Cl)c2)n1. The van der Waals surface area contributed by atoms with Crippen LogP contribution in [0.4, 0.5) is 5.95 Å². The zero-order chi connectivity index (χ0) is 18.4. The molecule has 1 heterocycles. The fraction of sp³-hybridized carbons (Fsp3) is 0.267. The van der Waals surface area contributed by atoms with Crippen molar-refractivity contribution in [3.05, 3.63) is 46.7 Å². The fourth-order valence-electron chi connectivity index (χ4n) is 1.99. The van der Waals surface area contributed by atoms with Crippen molar-refractivity contribution >= 4 is 33.5 Å². The summed E-state index contributed by atoms with van der Waals surface area (Å²) in [5.74, 6) is -0.137. The number of carbonyl (C=O) groups excluding carboxylic acids is 1. The van der Waals surface area contributed by atoms with Crippen LogP contribution < -0.4 is 15.6 Å². The second-order valence-corrected chi connectivity index (χ2v) is 7.46. The Balaban J connectivity index is 1.82. The number of halogens is 1. The number of amides is 1. The highest BCUT2D eigenvalue weighted by molar-refractivity contribution is 7.89. The minimum atomic E-state index is -3.72. The molecule has 134 valence electrons. The molecule has 1 aromatic carbocycles. The molecule has 0 aliphatic carbocycles. The first-order valence-electron chi connectivity index (χ1n) is 7.38. The van der Waals surface area contributed by atoms with E-state index < -0.39 is 15.9 Å². The molecule has 1 amide bonds. The number of sulfonamides is 1. The molecule has 0 aliphatic heterocycles. The topological polar surface area (TPSA) is 113 Å². The molecule has 8 nitrogen and oxygen atoms in total. The number of hydrazine groups is 1. The predicted molar refractivity (Wildman–Crippen MR) is 94.5 cm³/mol. The third kappa shape index (κ3) is 5.96. The summed E-state index contributed by atoms with van der Waals surface area (Å²) in [5, 5.41) is 0.318. The van der Waals surface area contributed by atoms with E-state index >= 15 is 0 Å². The molecule has 0 atom stereocenters. The van der Waals surface area contributed by atoms with E-state index in [-0.39, 0.29) is 23.8 Å². The smallest absolute Gasteiger partial charge is 0.242 e. The summed E-state index contributed by atoms with van der Waals surface area (Å²) in [4.78, 5) is 20.0. The van der Waals surface area contributed by atoms with Crippen molar-refractivity contribution in [1.82, 2.24) is 20.1 Å². The van der Waals surface area contributed by atoms with Crippen LogP contribution in [0, 0.1) is 13.8 Å². The largest absolute Gasteiger partial charge is 0.273 e. The normalized spacial score (nSPS) is 11.2. The van der Waals surface area contributed by atoms with Gasteiger partial charge < -0.3 is 0 Å². The predicted octanol–water partition coefficient (Wildman–Crippen LogP) is 1.56. The highest BCUT2D eigenvalue weighted by Gasteiger charge is 2.14. The van der Waals surface area contributed by atoms with E-state index in [9.17, 15) is 13.2 Å². The summed E-state index contributed by atoms with van der Waals surface area (Å²) >= 11 is 5.78. The summed E-state index contributed by atoms with van der Waals surface area (Å²) < 4.78 is 26.5. The van der Waals surface area contributed by atoms with Gasteiger partial charge in [0.1, 0.15) is 0 Å². The van der Waals surface area contributed by atoms with E-state index in [1.807, 2.05) is 13.8 Å². The maximum atomic E-state index is 12.1. The molecule has 0 fully saturated rings. The first-order chi connectivity index (χ1) is 11.8. The van der Waals surface area contributed by atoms with Gasteiger partial charge in [0.25, 0.3) is 0 Å². The number of nitrogens with zero attached hydrogens (tertiary/aromatic N) is 2. The van der Waals surface area contributed by atoms with E-state index in [0.29, 0.717) is 5.02 Å². The Hall–Kier alpha value is -2.23. The molecular formula is C15H18ClN5O3S. The van der Waals surface area contributed by atoms with Crippen molar-refractivity contribution in [2.75, 3.05) is 12.0 Å². The number of nitrogens with one attached hydrogen (secondary N) is 3. The average Bonchev–Trinajstić information content (AvgIpc) is 2.52. The highest BCUT2D eigenvalue weighted by atomic mass is 35.5. The van der Waals surface area contributed by atoms with Gasteiger partial charge in [-0.15, -0.1) is 0 Å². The molecule has 0 radical (unpaired) electrons. The maximum absolute atomic E-state index is 12.1. The van der Waals surface area contributed by atoms with Crippen LogP contribution in [0.2, 0.25) is 5.02 Å². The van der Waals surface area contributed by atoms with Crippen molar-refractivity contribution in [2.24, 2.45) is 0 Å². The minimum absolute atomic E-state index is 0.0437. The van der Waals surface area contributed by atoms with Crippen LogP contribution in [-0.4, -0.2) is 30.8 Å². The number of rotatable bonds is 7. The van der Waals surface area contributed by atoms with Crippen LogP contribution >= 0.6 is 11.6 Å². The molecule has 1 aromatic heterocycles. The minimum Gasteiger partial charge on any atom is -0.273 e. The zero-order valence-corrected chi connectivity index (χ0v) is 15.3. The monoisotopic (exact) mass is 383 g/mol. The first kappa shape index (κ1) is 19.1. The second kappa shape index (κ2) is 8.24. The molecule has 0 saturated heterocycles. The van der Waals surface area contributed by atoms with Gasteiger partial charge in [0.05, 0.1) is 4.90 Å². The molecule has 0 spiro atoms. The third-order valence-corrected chi connectivity index (χ3v) is 4.74. The number of aryl methyl sites for hydroxylation is 2. The lowest BCUT2D eigenvalue weighted by molar-refractivity contribution is -0.120. The number of hydrogen-bond donors (Lipinski definition) is 3. The van der Waals surface area contributed by atoms with Crippen molar-refractivity contribution < 1.29 is 13.2 Å². The Labute approximate surface area is 151 Å². The second-order valence-electron chi connectivity index (χ2n) is 5.25. The summed E-state index contributed by atoms with van der Waals surface area (Å²) in [6.45, 7) is 3.56. The number of hydrogen-bond acceptors (Lipinski definition) is 6. The molecule has 2 aromatic rings. The van der Waals surface area contributed by atoms with Gasteiger partial charge >= 0.3 is 0 Å². The van der Waals surface area contributed by atoms with Crippen LogP contribution in [0.1, 0.15) is 17.8 Å². The average molecular weight is 384 g/mol. The van der Waals surface area contributed by atoms with E-state index in [0.717, 1.165) is 11.4 Å².